The maximum atomic E-state index is 7.62. The zero-order chi connectivity index (χ0) is 6.99. The second-order valence-electron chi connectivity index (χ2n) is 1.85. The molecular formula is C5H13BN2. The van der Waals surface area contributed by atoms with Crippen LogP contribution < -0.4 is 0 Å². The van der Waals surface area contributed by atoms with E-state index in [0.717, 1.165) is 0 Å². The second kappa shape index (κ2) is 9.72. The number of nitrogens with zero attached hydrogens (tertiary/aromatic N) is 2. The van der Waals surface area contributed by atoms with Crippen molar-refractivity contribution < 1.29 is 0 Å². The van der Waals surface area contributed by atoms with Gasteiger partial charge in [-0.15, -0.1) is 0 Å². The molecule has 0 N–H and O–H groups in total. The zero-order valence-electron chi connectivity index (χ0n) is 6.10. The van der Waals surface area contributed by atoms with Crippen LogP contribution >= 0.6 is 0 Å². The molecule has 0 amide bonds. The molecule has 0 saturated heterocycles. The summed E-state index contributed by atoms with van der Waals surface area (Å²) in [5.41, 5.74) is 0. The van der Waals surface area contributed by atoms with Gasteiger partial charge < -0.3 is 4.90 Å². The van der Waals surface area contributed by atoms with Gasteiger partial charge in [0.25, 0.3) is 0 Å². The van der Waals surface area contributed by atoms with Crippen molar-refractivity contribution in [2.24, 2.45) is 0 Å². The van der Waals surface area contributed by atoms with Crippen LogP contribution in [0, 0.1) is 11.3 Å². The van der Waals surface area contributed by atoms with E-state index in [1.54, 1.807) is 0 Å². The first kappa shape index (κ1) is 10.5. The smallest absolute Gasteiger partial charge is 0.119 e. The predicted molar refractivity (Wildman–Crippen MR) is 38.6 cm³/mol. The van der Waals surface area contributed by atoms with Crippen molar-refractivity contribution in [3.8, 4) is 6.07 Å². The summed E-state index contributed by atoms with van der Waals surface area (Å²) in [7, 11) is 7.82. The first-order valence-electron chi connectivity index (χ1n) is 2.63. The molecule has 46 valence electrons. The number of nitriles is 1. The summed E-state index contributed by atoms with van der Waals surface area (Å²) >= 11 is 0. The largest absolute Gasteiger partial charge is 0.312 e. The van der Waals surface area contributed by atoms with E-state index < -0.39 is 0 Å². The van der Waals surface area contributed by atoms with E-state index in [1.807, 2.05) is 40.0 Å². The number of hydrogen-bond acceptors (Lipinski definition) is 2. The van der Waals surface area contributed by atoms with Crippen molar-refractivity contribution >= 4 is 7.85 Å². The Labute approximate surface area is 52.5 Å². The molecule has 0 aromatic carbocycles. The molecule has 0 heterocycles. The van der Waals surface area contributed by atoms with Gasteiger partial charge in [0, 0.05) is 6.32 Å². The average Bonchev–Trinajstić information content (AvgIpc) is 1.65. The average molecular weight is 112 g/mol. The molecule has 8 heavy (non-hydrogen) atoms. The molecule has 0 atom stereocenters. The van der Waals surface area contributed by atoms with Crippen LogP contribution in [0.2, 0.25) is 6.32 Å². The number of rotatable bonds is 0. The Hall–Kier alpha value is -0.485. The van der Waals surface area contributed by atoms with Crippen LogP contribution in [-0.2, 0) is 0 Å². The lowest BCUT2D eigenvalue weighted by Crippen LogP contribution is -1.99. The summed E-state index contributed by atoms with van der Waals surface area (Å²) in [5, 5.41) is 7.62. The van der Waals surface area contributed by atoms with E-state index in [-0.39, 0.29) is 0 Å². The molecule has 0 aliphatic carbocycles. The number of hydrogen-bond donors (Lipinski definition) is 0. The van der Waals surface area contributed by atoms with Gasteiger partial charge in [-0.1, -0.05) is 0 Å². The molecule has 0 spiro atoms. The molecule has 0 radical (unpaired) electrons. The van der Waals surface area contributed by atoms with Gasteiger partial charge in [-0.05, 0) is 21.1 Å². The minimum atomic E-state index is 0.625. The molecule has 0 aliphatic heterocycles. The third-order valence-electron chi connectivity index (χ3n) is 0.158. The van der Waals surface area contributed by atoms with Crippen LogP contribution in [0.1, 0.15) is 0 Å². The van der Waals surface area contributed by atoms with Crippen LogP contribution in [0.3, 0.4) is 0 Å². The molecule has 0 rings (SSSR count). The Morgan fingerprint density at radius 2 is 1.62 bits per heavy atom. The Morgan fingerprint density at radius 1 is 1.50 bits per heavy atom. The topological polar surface area (TPSA) is 27.0 Å². The van der Waals surface area contributed by atoms with E-state index in [0.29, 0.717) is 6.32 Å². The summed E-state index contributed by atoms with van der Waals surface area (Å²) in [4.78, 5) is 2.00. The van der Waals surface area contributed by atoms with Gasteiger partial charge in [-0.2, -0.15) is 5.26 Å². The Balaban J connectivity index is 0. The Morgan fingerprint density at radius 3 is 1.62 bits per heavy atom. The third-order valence-corrected chi connectivity index (χ3v) is 0.158. The highest BCUT2D eigenvalue weighted by atomic mass is 15.0. The fraction of sp³-hybridized carbons (Fsp3) is 0.800. The first-order valence-corrected chi connectivity index (χ1v) is 2.63. The zero-order valence-corrected chi connectivity index (χ0v) is 6.10. The fourth-order valence-electron chi connectivity index (χ4n) is 0. The van der Waals surface area contributed by atoms with E-state index in [4.69, 9.17) is 5.26 Å². The lowest BCUT2D eigenvalue weighted by molar-refractivity contribution is 0.505. The summed E-state index contributed by atoms with van der Waals surface area (Å²) < 4.78 is 0. The van der Waals surface area contributed by atoms with E-state index in [1.165, 1.54) is 0 Å². The van der Waals surface area contributed by atoms with Crippen molar-refractivity contribution in [2.45, 2.75) is 6.32 Å². The van der Waals surface area contributed by atoms with Crippen molar-refractivity contribution in [3.05, 3.63) is 0 Å². The molecule has 0 unspecified atom stereocenters. The lowest BCUT2D eigenvalue weighted by Gasteiger charge is -1.90. The lowest BCUT2D eigenvalue weighted by atomic mass is 10.1. The fourth-order valence-corrected chi connectivity index (χ4v) is 0. The Bertz CT molecular complexity index is 62.6. The highest BCUT2D eigenvalue weighted by molar-refractivity contribution is 6.10. The van der Waals surface area contributed by atoms with E-state index in [9.17, 15) is 0 Å². The van der Waals surface area contributed by atoms with Crippen LogP contribution in [0.5, 0.6) is 0 Å². The molecule has 0 saturated carbocycles. The third kappa shape index (κ3) is 424. The minimum Gasteiger partial charge on any atom is -0.312 e. The monoisotopic (exact) mass is 112 g/mol. The van der Waals surface area contributed by atoms with Gasteiger partial charge in [0.15, 0.2) is 0 Å². The molecular weight excluding hydrogens is 98.9 g/mol. The maximum absolute atomic E-state index is 7.62. The van der Waals surface area contributed by atoms with Crippen molar-refractivity contribution in [3.63, 3.8) is 0 Å². The van der Waals surface area contributed by atoms with E-state index in [2.05, 4.69) is 0 Å². The van der Waals surface area contributed by atoms with Crippen LogP contribution in [0.25, 0.3) is 0 Å². The van der Waals surface area contributed by atoms with Crippen molar-refractivity contribution in [1.82, 2.24) is 4.90 Å². The second-order valence-corrected chi connectivity index (χ2v) is 1.85. The SMILES string of the molecule is BCC#N.CN(C)C. The summed E-state index contributed by atoms with van der Waals surface area (Å²) in [6.07, 6.45) is 0.625. The van der Waals surface area contributed by atoms with Crippen molar-refractivity contribution in [1.29, 1.82) is 5.26 Å². The minimum absolute atomic E-state index is 0.625. The highest BCUT2D eigenvalue weighted by Crippen LogP contribution is 1.52. The Kier molecular flexibility index (Phi) is 12.7. The van der Waals surface area contributed by atoms with Gasteiger partial charge in [0.05, 0.1) is 6.07 Å². The summed E-state index contributed by atoms with van der Waals surface area (Å²) in [6.45, 7) is 0. The molecule has 3 heteroatoms. The highest BCUT2D eigenvalue weighted by Gasteiger charge is 1.58. The molecule has 0 aromatic heterocycles. The van der Waals surface area contributed by atoms with Gasteiger partial charge in [-0.25, -0.2) is 0 Å². The van der Waals surface area contributed by atoms with Crippen molar-refractivity contribution in [2.75, 3.05) is 21.1 Å². The molecule has 0 aliphatic rings. The molecule has 0 bridgehead atoms. The quantitative estimate of drug-likeness (QED) is 0.403. The maximum Gasteiger partial charge on any atom is 0.119 e. The normalized spacial score (nSPS) is 6.88. The van der Waals surface area contributed by atoms with Crippen LogP contribution in [-0.4, -0.2) is 33.9 Å². The molecule has 0 aromatic rings. The standard InChI is InChI=1S/C3H9N.C2H4BN/c1-4(2)3;3-1-2-4/h1-3H3;1,3H2. The molecule has 2 nitrogen and oxygen atoms in total. The first-order chi connectivity index (χ1) is 3.65. The van der Waals surface area contributed by atoms with Crippen LogP contribution in [0.15, 0.2) is 0 Å². The van der Waals surface area contributed by atoms with Gasteiger partial charge in [0.1, 0.15) is 7.85 Å². The summed E-state index contributed by atoms with van der Waals surface area (Å²) in [6, 6.07) is 1.93. The van der Waals surface area contributed by atoms with E-state index >= 15 is 0 Å². The van der Waals surface area contributed by atoms with Crippen LogP contribution in [0.4, 0.5) is 0 Å². The van der Waals surface area contributed by atoms with Gasteiger partial charge in [-0.3, -0.25) is 0 Å². The summed E-state index contributed by atoms with van der Waals surface area (Å²) in [5.74, 6) is 0. The van der Waals surface area contributed by atoms with Gasteiger partial charge in [0.2, 0.25) is 0 Å². The van der Waals surface area contributed by atoms with Gasteiger partial charge >= 0.3 is 0 Å². The molecule has 0 fully saturated rings. The predicted octanol–water partition coefficient (Wildman–Crippen LogP) is -0.261.